The van der Waals surface area contributed by atoms with E-state index in [9.17, 15) is 19.7 Å². The number of carbonyl (C=O) groups is 2. The fourth-order valence-corrected chi connectivity index (χ4v) is 4.03. The first-order valence-electron chi connectivity index (χ1n) is 10.2. The van der Waals surface area contributed by atoms with E-state index in [4.69, 9.17) is 0 Å². The molecule has 0 radical (unpaired) electrons. The van der Waals surface area contributed by atoms with Crippen LogP contribution in [0.25, 0.3) is 11.3 Å². The van der Waals surface area contributed by atoms with Crippen LogP contribution in [0.4, 0.5) is 5.69 Å². The minimum Gasteiger partial charge on any atom is -0.352 e. The number of nitrogens with zero attached hydrogens (tertiary/aromatic N) is 2. The molecule has 0 bridgehead atoms. The molecule has 4 rings (SSSR count). The van der Waals surface area contributed by atoms with Crippen molar-refractivity contribution in [3.05, 3.63) is 116 Å². The van der Waals surface area contributed by atoms with E-state index in [1.807, 2.05) is 23.6 Å². The predicted octanol–water partition coefficient (Wildman–Crippen LogP) is 4.92. The summed E-state index contributed by atoms with van der Waals surface area (Å²) in [5.41, 5.74) is 3.19. The second kappa shape index (κ2) is 9.97. The van der Waals surface area contributed by atoms with Gasteiger partial charge in [-0.15, -0.1) is 11.3 Å². The zero-order chi connectivity index (χ0) is 23.2. The Morgan fingerprint density at radius 3 is 2.18 bits per heavy atom. The summed E-state index contributed by atoms with van der Waals surface area (Å²) in [6.07, 6.45) is 0.563. The molecule has 0 aliphatic rings. The summed E-state index contributed by atoms with van der Waals surface area (Å²) in [6.45, 7) is 0.413. The van der Waals surface area contributed by atoms with Crippen LogP contribution in [0.2, 0.25) is 0 Å². The monoisotopic (exact) mass is 457 g/mol. The molecule has 8 heteroatoms. The van der Waals surface area contributed by atoms with Crippen molar-refractivity contribution in [2.75, 3.05) is 6.54 Å². The van der Waals surface area contributed by atoms with E-state index in [1.54, 1.807) is 48.5 Å². The number of thiazole rings is 1. The number of carbonyl (C=O) groups excluding carboxylic acids is 2. The number of nitro benzene ring substituents is 1. The zero-order valence-electron chi connectivity index (χ0n) is 17.4. The summed E-state index contributed by atoms with van der Waals surface area (Å²) in [5.74, 6) is -0.309. The molecule has 0 unspecified atom stereocenters. The lowest BCUT2D eigenvalue weighted by atomic mass is 10.0. The quantitative estimate of drug-likeness (QED) is 0.230. The average molecular weight is 458 g/mol. The molecular weight excluding hydrogens is 438 g/mol. The number of amides is 1. The van der Waals surface area contributed by atoms with Crippen molar-refractivity contribution in [2.45, 2.75) is 6.42 Å². The average Bonchev–Trinajstić information content (AvgIpc) is 3.33. The summed E-state index contributed by atoms with van der Waals surface area (Å²) >= 11 is 1.47. The lowest BCUT2D eigenvalue weighted by Crippen LogP contribution is -2.25. The molecule has 164 valence electrons. The minimum absolute atomic E-state index is 0.0365. The molecular formula is C25H19N3O4S. The third kappa shape index (κ3) is 5.36. The first-order valence-corrected chi connectivity index (χ1v) is 11.1. The summed E-state index contributed by atoms with van der Waals surface area (Å²) in [7, 11) is 0. The Kier molecular flexibility index (Phi) is 6.66. The molecule has 3 aromatic carbocycles. The van der Waals surface area contributed by atoms with Gasteiger partial charge in [0, 0.05) is 52.7 Å². The van der Waals surface area contributed by atoms with E-state index in [1.165, 1.54) is 23.5 Å². The highest BCUT2D eigenvalue weighted by molar-refractivity contribution is 7.09. The van der Waals surface area contributed by atoms with Gasteiger partial charge in [-0.05, 0) is 24.3 Å². The van der Waals surface area contributed by atoms with E-state index >= 15 is 0 Å². The van der Waals surface area contributed by atoms with E-state index in [0.29, 0.717) is 29.7 Å². The van der Waals surface area contributed by atoms with Gasteiger partial charge in [-0.3, -0.25) is 19.7 Å². The standard InChI is InChI=1S/C25H19N3O4S/c29-24(18-4-2-1-3-5-18)19-6-8-20(9-7-19)25(30)26-15-14-23-27-22(16-33-23)17-10-12-21(13-11-17)28(31)32/h1-13,16H,14-15H2,(H,26,30). The van der Waals surface area contributed by atoms with Crippen molar-refractivity contribution in [3.63, 3.8) is 0 Å². The number of nitro groups is 1. The molecule has 1 amide bonds. The first-order chi connectivity index (χ1) is 16.0. The topological polar surface area (TPSA) is 102 Å². The van der Waals surface area contributed by atoms with Crippen molar-refractivity contribution in [1.82, 2.24) is 10.3 Å². The smallest absolute Gasteiger partial charge is 0.269 e. The molecule has 7 nitrogen and oxygen atoms in total. The Hall–Kier alpha value is -4.17. The Morgan fingerprint density at radius 1 is 0.879 bits per heavy atom. The lowest BCUT2D eigenvalue weighted by molar-refractivity contribution is -0.384. The number of rotatable bonds is 8. The number of benzene rings is 3. The van der Waals surface area contributed by atoms with Gasteiger partial charge in [-0.1, -0.05) is 42.5 Å². The van der Waals surface area contributed by atoms with Gasteiger partial charge in [-0.2, -0.15) is 0 Å². The maximum absolute atomic E-state index is 12.5. The van der Waals surface area contributed by atoms with E-state index in [-0.39, 0.29) is 17.4 Å². The molecule has 0 aliphatic carbocycles. The van der Waals surface area contributed by atoms with Gasteiger partial charge in [0.1, 0.15) is 0 Å². The van der Waals surface area contributed by atoms with Gasteiger partial charge in [0.2, 0.25) is 0 Å². The van der Waals surface area contributed by atoms with Gasteiger partial charge >= 0.3 is 0 Å². The molecule has 0 atom stereocenters. The van der Waals surface area contributed by atoms with Crippen molar-refractivity contribution >= 4 is 28.7 Å². The molecule has 0 spiro atoms. The van der Waals surface area contributed by atoms with Crippen LogP contribution >= 0.6 is 11.3 Å². The molecule has 33 heavy (non-hydrogen) atoms. The SMILES string of the molecule is O=C(NCCc1nc(-c2ccc([N+](=O)[O-])cc2)cs1)c1ccc(C(=O)c2ccccc2)cc1. The number of non-ortho nitro benzene ring substituents is 1. The third-order valence-electron chi connectivity index (χ3n) is 5.00. The number of hydrogen-bond donors (Lipinski definition) is 1. The fraction of sp³-hybridized carbons (Fsp3) is 0.0800. The van der Waals surface area contributed by atoms with E-state index in [2.05, 4.69) is 10.3 Å². The maximum Gasteiger partial charge on any atom is 0.269 e. The molecule has 0 saturated heterocycles. The van der Waals surface area contributed by atoms with Gasteiger partial charge in [0.15, 0.2) is 5.78 Å². The molecule has 1 aromatic heterocycles. The van der Waals surface area contributed by atoms with Crippen molar-refractivity contribution in [2.24, 2.45) is 0 Å². The lowest BCUT2D eigenvalue weighted by Gasteiger charge is -2.06. The summed E-state index contributed by atoms with van der Waals surface area (Å²) < 4.78 is 0. The summed E-state index contributed by atoms with van der Waals surface area (Å²) in [4.78, 5) is 39.8. The van der Waals surface area contributed by atoms with Crippen molar-refractivity contribution < 1.29 is 14.5 Å². The molecule has 4 aromatic rings. The summed E-state index contributed by atoms with van der Waals surface area (Å²) in [5, 5.41) is 16.4. The zero-order valence-corrected chi connectivity index (χ0v) is 18.2. The van der Waals surface area contributed by atoms with Crippen LogP contribution in [0.1, 0.15) is 31.3 Å². The number of aromatic nitrogens is 1. The van der Waals surface area contributed by atoms with Gasteiger partial charge < -0.3 is 5.32 Å². The Labute approximate surface area is 193 Å². The van der Waals surface area contributed by atoms with Crippen LogP contribution in [0, 0.1) is 10.1 Å². The molecule has 1 heterocycles. The molecule has 0 saturated carbocycles. The molecule has 0 fully saturated rings. The summed E-state index contributed by atoms with van der Waals surface area (Å²) in [6, 6.07) is 21.8. The Bertz CT molecular complexity index is 1280. The van der Waals surface area contributed by atoms with E-state index in [0.717, 1.165) is 16.3 Å². The van der Waals surface area contributed by atoms with E-state index < -0.39 is 4.92 Å². The normalized spacial score (nSPS) is 10.5. The van der Waals surface area contributed by atoms with Crippen LogP contribution < -0.4 is 5.32 Å². The van der Waals surface area contributed by atoms with Crippen LogP contribution in [0.15, 0.2) is 84.2 Å². The largest absolute Gasteiger partial charge is 0.352 e. The van der Waals surface area contributed by atoms with Crippen LogP contribution in [-0.4, -0.2) is 28.1 Å². The van der Waals surface area contributed by atoms with Crippen molar-refractivity contribution in [1.29, 1.82) is 0 Å². The highest BCUT2D eigenvalue weighted by Gasteiger charge is 2.12. The third-order valence-corrected chi connectivity index (χ3v) is 5.90. The predicted molar refractivity (Wildman–Crippen MR) is 127 cm³/mol. The number of nitrogens with one attached hydrogen (secondary N) is 1. The fourth-order valence-electron chi connectivity index (χ4n) is 3.23. The minimum atomic E-state index is -0.437. The highest BCUT2D eigenvalue weighted by Crippen LogP contribution is 2.24. The van der Waals surface area contributed by atoms with Crippen LogP contribution in [0.5, 0.6) is 0 Å². The second-order valence-corrected chi connectivity index (χ2v) is 8.15. The van der Waals surface area contributed by atoms with Crippen LogP contribution in [0.3, 0.4) is 0 Å². The van der Waals surface area contributed by atoms with Gasteiger partial charge in [0.05, 0.1) is 15.6 Å². The van der Waals surface area contributed by atoms with Gasteiger partial charge in [-0.25, -0.2) is 4.98 Å². The second-order valence-electron chi connectivity index (χ2n) is 7.21. The first kappa shape index (κ1) is 22.0. The van der Waals surface area contributed by atoms with Crippen LogP contribution in [-0.2, 0) is 6.42 Å². The molecule has 1 N–H and O–H groups in total. The number of hydrogen-bond acceptors (Lipinski definition) is 6. The Morgan fingerprint density at radius 2 is 1.52 bits per heavy atom. The highest BCUT2D eigenvalue weighted by atomic mass is 32.1. The van der Waals surface area contributed by atoms with Gasteiger partial charge in [0.25, 0.3) is 11.6 Å². The number of ketones is 1. The van der Waals surface area contributed by atoms with Crippen molar-refractivity contribution in [3.8, 4) is 11.3 Å². The molecule has 0 aliphatic heterocycles. The maximum atomic E-state index is 12.5. The Balaban J connectivity index is 1.30.